The molecule has 172 valence electrons. The van der Waals surface area contributed by atoms with Gasteiger partial charge >= 0.3 is 0 Å². The summed E-state index contributed by atoms with van der Waals surface area (Å²) in [5.41, 5.74) is 1.41. The van der Waals surface area contributed by atoms with Gasteiger partial charge in [-0.2, -0.15) is 0 Å². The zero-order valence-corrected chi connectivity index (χ0v) is 21.6. The number of methoxy groups -OCH3 is 1. The molecule has 0 spiro atoms. The molecule has 5 aromatic carbocycles. The van der Waals surface area contributed by atoms with Gasteiger partial charge in [-0.3, -0.25) is 0 Å². The summed E-state index contributed by atoms with van der Waals surface area (Å²) in [6.45, 7) is 0. The van der Waals surface area contributed by atoms with Crippen molar-refractivity contribution in [2.75, 3.05) is 7.11 Å². The summed E-state index contributed by atoms with van der Waals surface area (Å²) in [6, 6.07) is 50.4. The van der Waals surface area contributed by atoms with Crippen molar-refractivity contribution >= 4 is 42.4 Å². The van der Waals surface area contributed by atoms with Crippen LogP contribution in [0.4, 0.5) is 0 Å². The lowest BCUT2D eigenvalue weighted by Gasteiger charge is -2.26. The van der Waals surface area contributed by atoms with Crippen molar-refractivity contribution in [3.8, 4) is 5.75 Å². The van der Waals surface area contributed by atoms with Crippen LogP contribution in [-0.4, -0.2) is 7.11 Å². The molecule has 0 bridgehead atoms. The van der Waals surface area contributed by atoms with Crippen LogP contribution in [0.1, 0.15) is 5.56 Å². The van der Waals surface area contributed by atoms with Crippen LogP contribution in [0, 0.1) is 0 Å². The smallest absolute Gasteiger partial charge is 0.126 e. The maximum absolute atomic E-state index is 5.82. The van der Waals surface area contributed by atoms with Crippen LogP contribution >= 0.6 is 15.8 Å². The molecule has 0 aliphatic heterocycles. The van der Waals surface area contributed by atoms with Crippen LogP contribution in [0.2, 0.25) is 0 Å². The van der Waals surface area contributed by atoms with Crippen LogP contribution < -0.4 is 31.3 Å². The van der Waals surface area contributed by atoms with Crippen LogP contribution in [0.25, 0.3) is 0 Å². The van der Waals surface area contributed by atoms with Gasteiger partial charge < -0.3 is 4.74 Å². The maximum atomic E-state index is 5.82. The van der Waals surface area contributed by atoms with E-state index < -0.39 is 15.8 Å². The van der Waals surface area contributed by atoms with Gasteiger partial charge in [-0.1, -0.05) is 133 Å². The summed E-state index contributed by atoms with van der Waals surface area (Å²) < 4.78 is 5.82. The normalized spacial score (nSPS) is 11.8. The van der Waals surface area contributed by atoms with Crippen molar-refractivity contribution in [1.82, 2.24) is 0 Å². The van der Waals surface area contributed by atoms with Crippen molar-refractivity contribution in [2.24, 2.45) is 0 Å². The minimum absolute atomic E-state index is 0.647. The Hall–Kier alpha value is -3.24. The van der Waals surface area contributed by atoms with E-state index in [-0.39, 0.29) is 0 Å². The molecular weight excluding hydrogens is 462 g/mol. The Balaban J connectivity index is 1.64. The zero-order valence-electron chi connectivity index (χ0n) is 19.8. The van der Waals surface area contributed by atoms with E-state index in [1.807, 2.05) is 0 Å². The number of ether oxygens (including phenoxy) is 1. The van der Waals surface area contributed by atoms with E-state index in [4.69, 9.17) is 4.74 Å². The molecule has 35 heavy (non-hydrogen) atoms. The third kappa shape index (κ3) is 5.38. The first-order chi connectivity index (χ1) is 17.3. The summed E-state index contributed by atoms with van der Waals surface area (Å²) in [5, 5.41) is 6.84. The maximum Gasteiger partial charge on any atom is 0.126 e. The molecule has 0 fully saturated rings. The molecule has 0 heterocycles. The van der Waals surface area contributed by atoms with Crippen LogP contribution in [0.3, 0.4) is 0 Å². The summed E-state index contributed by atoms with van der Waals surface area (Å²) in [6.07, 6.45) is 0.967. The lowest BCUT2D eigenvalue weighted by Crippen LogP contribution is -2.24. The van der Waals surface area contributed by atoms with Gasteiger partial charge in [0.1, 0.15) is 5.75 Å². The lowest BCUT2D eigenvalue weighted by molar-refractivity contribution is 0.418. The SMILES string of the molecule is COc1ccccc1P(Cc1ccccc1P(c1ccccc1)c1ccccc1)c1ccccc1. The van der Waals surface area contributed by atoms with Crippen LogP contribution in [-0.2, 0) is 6.16 Å². The average molecular weight is 491 g/mol. The minimum atomic E-state index is -0.667. The number of benzene rings is 5. The van der Waals surface area contributed by atoms with Crippen molar-refractivity contribution < 1.29 is 4.74 Å². The molecule has 1 atom stereocenters. The number of para-hydroxylation sites is 1. The first-order valence-electron chi connectivity index (χ1n) is 11.8. The monoisotopic (exact) mass is 490 g/mol. The van der Waals surface area contributed by atoms with Gasteiger partial charge in [0, 0.05) is 11.5 Å². The third-order valence-corrected chi connectivity index (χ3v) is 11.1. The second-order valence-electron chi connectivity index (χ2n) is 8.23. The zero-order chi connectivity index (χ0) is 23.9. The van der Waals surface area contributed by atoms with E-state index in [9.17, 15) is 0 Å². The summed E-state index contributed by atoms with van der Waals surface area (Å²) in [4.78, 5) is 0. The van der Waals surface area contributed by atoms with Gasteiger partial charge in [0.25, 0.3) is 0 Å². The van der Waals surface area contributed by atoms with Gasteiger partial charge in [-0.15, -0.1) is 0 Å². The fraction of sp³-hybridized carbons (Fsp3) is 0.0625. The molecule has 0 radical (unpaired) electrons. The Morgan fingerprint density at radius 1 is 0.486 bits per heavy atom. The van der Waals surface area contributed by atoms with Crippen LogP contribution in [0.5, 0.6) is 5.75 Å². The second kappa shape index (κ2) is 11.5. The van der Waals surface area contributed by atoms with Crippen molar-refractivity contribution in [3.05, 3.63) is 145 Å². The fourth-order valence-electron chi connectivity index (χ4n) is 4.39. The number of hydrogen-bond donors (Lipinski definition) is 0. The van der Waals surface area contributed by atoms with Crippen molar-refractivity contribution in [2.45, 2.75) is 6.16 Å². The number of hydrogen-bond acceptors (Lipinski definition) is 1. The molecule has 5 aromatic rings. The lowest BCUT2D eigenvalue weighted by atomic mass is 10.2. The molecule has 1 unspecified atom stereocenters. The Morgan fingerprint density at radius 3 is 1.51 bits per heavy atom. The van der Waals surface area contributed by atoms with E-state index in [0.717, 1.165) is 11.9 Å². The Labute approximate surface area is 211 Å². The summed E-state index contributed by atoms with van der Waals surface area (Å²) in [5.74, 6) is 0.966. The molecule has 1 nitrogen and oxygen atoms in total. The summed E-state index contributed by atoms with van der Waals surface area (Å²) >= 11 is 0. The highest BCUT2D eigenvalue weighted by atomic mass is 31.1. The molecule has 0 saturated carbocycles. The fourth-order valence-corrected chi connectivity index (χ4v) is 9.46. The van der Waals surface area contributed by atoms with Gasteiger partial charge in [0.05, 0.1) is 7.11 Å². The summed E-state index contributed by atoms with van der Waals surface area (Å²) in [7, 11) is 0.459. The first kappa shape index (κ1) is 23.5. The standard InChI is InChI=1S/C32H28OP2/c1-33-30-22-12-14-24-32(30)34(27-16-5-2-6-17-27)25-26-15-11-13-23-31(26)35(28-18-7-3-8-19-28)29-20-9-4-10-21-29/h2-24H,25H2,1H3. The van der Waals surface area contributed by atoms with Crippen molar-refractivity contribution in [1.29, 1.82) is 0 Å². The van der Waals surface area contributed by atoms with E-state index in [2.05, 4.69) is 140 Å². The molecule has 0 aromatic heterocycles. The second-order valence-corrected chi connectivity index (χ2v) is 12.6. The van der Waals surface area contributed by atoms with Gasteiger partial charge in [0.2, 0.25) is 0 Å². The van der Waals surface area contributed by atoms with Gasteiger partial charge in [-0.05, 0) is 48.7 Å². The highest BCUT2D eigenvalue weighted by molar-refractivity contribution is 7.80. The molecule has 0 amide bonds. The van der Waals surface area contributed by atoms with Gasteiger partial charge in [-0.25, -0.2) is 0 Å². The first-order valence-corrected chi connectivity index (χ1v) is 14.7. The Kier molecular flexibility index (Phi) is 7.69. The predicted molar refractivity (Wildman–Crippen MR) is 154 cm³/mol. The predicted octanol–water partition coefficient (Wildman–Crippen LogP) is 6.09. The Bertz CT molecular complexity index is 1310. The quantitative estimate of drug-likeness (QED) is 0.239. The molecular formula is C32H28OP2. The molecule has 0 saturated heterocycles. The topological polar surface area (TPSA) is 9.23 Å². The van der Waals surface area contributed by atoms with Gasteiger partial charge in [0.15, 0.2) is 0 Å². The molecule has 0 aliphatic carbocycles. The molecule has 5 rings (SSSR count). The minimum Gasteiger partial charge on any atom is -0.496 e. The average Bonchev–Trinajstić information content (AvgIpc) is 2.94. The molecule has 0 N–H and O–H groups in total. The number of rotatable bonds is 8. The van der Waals surface area contributed by atoms with E-state index in [1.165, 1.54) is 32.1 Å². The van der Waals surface area contributed by atoms with E-state index in [1.54, 1.807) is 7.11 Å². The van der Waals surface area contributed by atoms with Crippen LogP contribution in [0.15, 0.2) is 140 Å². The van der Waals surface area contributed by atoms with E-state index >= 15 is 0 Å². The largest absolute Gasteiger partial charge is 0.496 e. The molecule has 0 aliphatic rings. The highest BCUT2D eigenvalue weighted by Crippen LogP contribution is 2.43. The highest BCUT2D eigenvalue weighted by Gasteiger charge is 2.23. The van der Waals surface area contributed by atoms with Crippen molar-refractivity contribution in [3.63, 3.8) is 0 Å². The third-order valence-electron chi connectivity index (χ3n) is 6.03. The van der Waals surface area contributed by atoms with E-state index in [0.29, 0.717) is 0 Å². The Morgan fingerprint density at radius 2 is 0.943 bits per heavy atom. The molecule has 3 heteroatoms.